The van der Waals surface area contributed by atoms with E-state index in [-0.39, 0.29) is 18.4 Å². The van der Waals surface area contributed by atoms with E-state index < -0.39 is 0 Å². The Morgan fingerprint density at radius 1 is 1.06 bits per heavy atom. The zero-order valence-corrected chi connectivity index (χ0v) is 18.3. The highest BCUT2D eigenvalue weighted by atomic mass is 16.1. The lowest BCUT2D eigenvalue weighted by Crippen LogP contribution is -2.23. The van der Waals surface area contributed by atoms with Crippen LogP contribution in [0.25, 0.3) is 16.8 Å². The van der Waals surface area contributed by atoms with Crippen LogP contribution in [0.2, 0.25) is 0 Å². The van der Waals surface area contributed by atoms with Gasteiger partial charge in [0.25, 0.3) is 5.91 Å². The molecule has 4 rings (SSSR count). The molecule has 1 amide bonds. The van der Waals surface area contributed by atoms with Crippen molar-refractivity contribution in [2.24, 2.45) is 0 Å². The highest BCUT2D eigenvalue weighted by Crippen LogP contribution is 2.26. The molecule has 8 nitrogen and oxygen atoms in total. The molecule has 0 aliphatic rings. The van der Waals surface area contributed by atoms with E-state index in [1.807, 2.05) is 29.7 Å². The Kier molecular flexibility index (Phi) is 5.93. The number of carbonyl (C=O) groups excluding carboxylic acids is 1. The van der Waals surface area contributed by atoms with Gasteiger partial charge in [-0.2, -0.15) is 0 Å². The number of benzene rings is 2. The minimum Gasteiger partial charge on any atom is -0.382 e. The molecule has 8 heteroatoms. The van der Waals surface area contributed by atoms with Crippen molar-refractivity contribution in [3.05, 3.63) is 83.8 Å². The SMILES string of the molecule is Cc1ccc(-c2cc(C(=O)NCc3cnc(N)cn3)cc(-n3cnnc3C(C)C)c2)cc1. The van der Waals surface area contributed by atoms with Crippen molar-refractivity contribution >= 4 is 11.7 Å². The largest absolute Gasteiger partial charge is 0.382 e. The predicted octanol–water partition coefficient (Wildman–Crippen LogP) is 3.67. The molecule has 0 aliphatic heterocycles. The summed E-state index contributed by atoms with van der Waals surface area (Å²) < 4.78 is 1.92. The third kappa shape index (κ3) is 4.64. The highest BCUT2D eigenvalue weighted by Gasteiger charge is 2.15. The van der Waals surface area contributed by atoms with E-state index in [1.54, 1.807) is 12.5 Å². The van der Waals surface area contributed by atoms with Gasteiger partial charge in [-0.05, 0) is 36.2 Å². The number of nitrogens with zero attached hydrogens (tertiary/aromatic N) is 5. The van der Waals surface area contributed by atoms with Gasteiger partial charge >= 0.3 is 0 Å². The maximum Gasteiger partial charge on any atom is 0.251 e. The third-order valence-corrected chi connectivity index (χ3v) is 5.09. The van der Waals surface area contributed by atoms with Gasteiger partial charge in [0.15, 0.2) is 0 Å². The molecule has 2 aromatic carbocycles. The first-order valence-electron chi connectivity index (χ1n) is 10.4. The van der Waals surface area contributed by atoms with Gasteiger partial charge in [-0.15, -0.1) is 10.2 Å². The van der Waals surface area contributed by atoms with Crippen molar-refractivity contribution in [2.75, 3.05) is 5.73 Å². The van der Waals surface area contributed by atoms with Crippen molar-refractivity contribution in [1.82, 2.24) is 30.0 Å². The topological polar surface area (TPSA) is 112 Å². The van der Waals surface area contributed by atoms with E-state index in [0.29, 0.717) is 17.1 Å². The molecular formula is C24H25N7O. The van der Waals surface area contributed by atoms with Gasteiger partial charge in [0.1, 0.15) is 18.0 Å². The lowest BCUT2D eigenvalue weighted by atomic mass is 10.0. The fourth-order valence-corrected chi connectivity index (χ4v) is 3.36. The molecule has 0 unspecified atom stereocenters. The Bertz CT molecular complexity index is 1230. The fourth-order valence-electron chi connectivity index (χ4n) is 3.36. The van der Waals surface area contributed by atoms with Crippen molar-refractivity contribution < 1.29 is 4.79 Å². The monoisotopic (exact) mass is 427 g/mol. The summed E-state index contributed by atoms with van der Waals surface area (Å²) in [7, 11) is 0. The van der Waals surface area contributed by atoms with E-state index in [1.165, 1.54) is 11.8 Å². The number of nitrogens with one attached hydrogen (secondary N) is 1. The van der Waals surface area contributed by atoms with Crippen LogP contribution in [0.15, 0.2) is 61.2 Å². The molecule has 0 fully saturated rings. The van der Waals surface area contributed by atoms with Gasteiger partial charge in [-0.3, -0.25) is 14.3 Å². The van der Waals surface area contributed by atoms with Crippen LogP contribution in [0.1, 0.15) is 47.2 Å². The maximum atomic E-state index is 13.0. The second-order valence-corrected chi connectivity index (χ2v) is 7.96. The number of aryl methyl sites for hydroxylation is 1. The second kappa shape index (κ2) is 8.97. The van der Waals surface area contributed by atoms with E-state index in [9.17, 15) is 4.79 Å². The summed E-state index contributed by atoms with van der Waals surface area (Å²) in [6, 6.07) is 14.0. The highest BCUT2D eigenvalue weighted by molar-refractivity contribution is 5.96. The van der Waals surface area contributed by atoms with E-state index in [0.717, 1.165) is 22.6 Å². The Morgan fingerprint density at radius 2 is 1.84 bits per heavy atom. The molecule has 0 radical (unpaired) electrons. The number of nitrogens with two attached hydrogens (primary N) is 1. The van der Waals surface area contributed by atoms with E-state index in [4.69, 9.17) is 5.73 Å². The van der Waals surface area contributed by atoms with Crippen molar-refractivity contribution in [3.8, 4) is 16.8 Å². The number of rotatable bonds is 6. The maximum absolute atomic E-state index is 13.0. The summed E-state index contributed by atoms with van der Waals surface area (Å²) in [6.45, 7) is 6.42. The smallest absolute Gasteiger partial charge is 0.251 e. The van der Waals surface area contributed by atoms with Gasteiger partial charge < -0.3 is 11.1 Å². The molecule has 0 spiro atoms. The Labute approximate surface area is 186 Å². The number of hydrogen-bond donors (Lipinski definition) is 2. The number of carbonyl (C=O) groups is 1. The van der Waals surface area contributed by atoms with Crippen molar-refractivity contribution in [2.45, 2.75) is 33.2 Å². The minimum absolute atomic E-state index is 0.182. The quantitative estimate of drug-likeness (QED) is 0.486. The van der Waals surface area contributed by atoms with Gasteiger partial charge in [0, 0.05) is 17.2 Å². The molecule has 2 heterocycles. The fraction of sp³-hybridized carbons (Fsp3) is 0.208. The molecule has 32 heavy (non-hydrogen) atoms. The van der Waals surface area contributed by atoms with Crippen LogP contribution in [-0.4, -0.2) is 30.6 Å². The van der Waals surface area contributed by atoms with Crippen LogP contribution in [0.3, 0.4) is 0 Å². The molecule has 0 saturated heterocycles. The summed E-state index contributed by atoms with van der Waals surface area (Å²) in [5, 5.41) is 11.2. The van der Waals surface area contributed by atoms with Gasteiger partial charge in [-0.25, -0.2) is 4.98 Å². The van der Waals surface area contributed by atoms with Gasteiger partial charge in [0.05, 0.1) is 24.6 Å². The zero-order chi connectivity index (χ0) is 22.7. The number of aromatic nitrogens is 5. The molecule has 3 N–H and O–H groups in total. The van der Waals surface area contributed by atoms with Gasteiger partial charge in [-0.1, -0.05) is 43.7 Å². The number of nitrogen functional groups attached to an aromatic ring is 1. The molecule has 4 aromatic rings. The minimum atomic E-state index is -0.210. The average molecular weight is 428 g/mol. The average Bonchev–Trinajstić information content (AvgIpc) is 3.29. The Hall–Kier alpha value is -4.07. The van der Waals surface area contributed by atoms with E-state index in [2.05, 4.69) is 63.6 Å². The lowest BCUT2D eigenvalue weighted by molar-refractivity contribution is 0.0950. The summed E-state index contributed by atoms with van der Waals surface area (Å²) in [5.41, 5.74) is 10.7. The van der Waals surface area contributed by atoms with Crippen molar-refractivity contribution in [1.29, 1.82) is 0 Å². The first-order chi connectivity index (χ1) is 15.4. The summed E-state index contributed by atoms with van der Waals surface area (Å²) in [6.07, 6.45) is 4.70. The normalized spacial score (nSPS) is 11.0. The van der Waals surface area contributed by atoms with Crippen LogP contribution < -0.4 is 11.1 Å². The van der Waals surface area contributed by atoms with Crippen LogP contribution in [0, 0.1) is 6.92 Å². The first kappa shape index (κ1) is 21.2. The third-order valence-electron chi connectivity index (χ3n) is 5.09. The molecule has 0 bridgehead atoms. The van der Waals surface area contributed by atoms with Crippen LogP contribution >= 0.6 is 0 Å². The molecular weight excluding hydrogens is 402 g/mol. The number of hydrogen-bond acceptors (Lipinski definition) is 6. The predicted molar refractivity (Wildman–Crippen MR) is 123 cm³/mol. The molecule has 162 valence electrons. The summed E-state index contributed by atoms with van der Waals surface area (Å²) in [5.74, 6) is 1.14. The first-order valence-corrected chi connectivity index (χ1v) is 10.4. The molecule has 0 aliphatic carbocycles. The second-order valence-electron chi connectivity index (χ2n) is 7.96. The van der Waals surface area contributed by atoms with Crippen LogP contribution in [0.4, 0.5) is 5.82 Å². The lowest BCUT2D eigenvalue weighted by Gasteiger charge is -2.14. The summed E-state index contributed by atoms with van der Waals surface area (Å²) in [4.78, 5) is 21.2. The van der Waals surface area contributed by atoms with Gasteiger partial charge in [0.2, 0.25) is 0 Å². The molecule has 0 saturated carbocycles. The summed E-state index contributed by atoms with van der Waals surface area (Å²) >= 11 is 0. The molecule has 0 atom stereocenters. The zero-order valence-electron chi connectivity index (χ0n) is 18.3. The standard InChI is InChI=1S/C24H25N7O/c1-15(2)23-30-29-14-31(23)21-9-18(17-6-4-16(3)5-7-17)8-19(10-21)24(32)28-12-20-11-27-22(25)13-26-20/h4-11,13-15H,12H2,1-3H3,(H2,25,27)(H,28,32). The number of amides is 1. The van der Waals surface area contributed by atoms with Crippen LogP contribution in [-0.2, 0) is 6.54 Å². The van der Waals surface area contributed by atoms with Crippen LogP contribution in [0.5, 0.6) is 0 Å². The van der Waals surface area contributed by atoms with E-state index >= 15 is 0 Å². The number of anilines is 1. The Morgan fingerprint density at radius 3 is 2.53 bits per heavy atom. The molecule has 2 aromatic heterocycles. The Balaban J connectivity index is 1.71. The van der Waals surface area contributed by atoms with Crippen molar-refractivity contribution in [3.63, 3.8) is 0 Å².